The number of ether oxygens (including phenoxy) is 3. The van der Waals surface area contributed by atoms with Gasteiger partial charge in [0.2, 0.25) is 0 Å². The first-order chi connectivity index (χ1) is 11.8. The maximum Gasteiger partial charge on any atom is 0.255 e. The molecule has 1 aliphatic rings. The summed E-state index contributed by atoms with van der Waals surface area (Å²) in [4.78, 5) is 12.5. The number of nitrogens with one attached hydrogen (secondary N) is 1. The van der Waals surface area contributed by atoms with Gasteiger partial charge in [-0.15, -0.1) is 0 Å². The van der Waals surface area contributed by atoms with Crippen LogP contribution in [0.4, 0.5) is 0 Å². The van der Waals surface area contributed by atoms with Crippen LogP contribution in [0.5, 0.6) is 11.5 Å². The lowest BCUT2D eigenvalue weighted by atomic mass is 9.96. The van der Waals surface area contributed by atoms with E-state index in [1.807, 2.05) is 0 Å². The maximum absolute atomic E-state index is 12.5. The number of hydrogen-bond acceptors (Lipinski definition) is 8. The van der Waals surface area contributed by atoms with Gasteiger partial charge in [0.25, 0.3) is 5.91 Å². The van der Waals surface area contributed by atoms with Gasteiger partial charge in [0.05, 0.1) is 24.3 Å². The standard InChI is InChI=1S/C15H20ClNO8/c1-23-9-4-8(19)7(16)3-6(9)14(22)17-11-13(21)12(20)10(5-18)25-15(11)24-2/h3-4,10-13,15,18-21H,5H2,1-2H3,(H,17,22)/t10-,11-,12-,13-,15+/m1/s1. The highest BCUT2D eigenvalue weighted by Gasteiger charge is 2.45. The van der Waals surface area contributed by atoms with E-state index < -0.39 is 43.2 Å². The molecule has 0 aromatic heterocycles. The molecule has 140 valence electrons. The molecule has 10 heteroatoms. The normalized spacial score (nSPS) is 29.3. The summed E-state index contributed by atoms with van der Waals surface area (Å²) in [5.74, 6) is -0.886. The van der Waals surface area contributed by atoms with Crippen molar-refractivity contribution >= 4 is 17.5 Å². The quantitative estimate of drug-likeness (QED) is 0.451. The summed E-state index contributed by atoms with van der Waals surface area (Å²) in [6.07, 6.45) is -5.02. The Morgan fingerprint density at radius 2 is 2.00 bits per heavy atom. The van der Waals surface area contributed by atoms with Crippen LogP contribution >= 0.6 is 11.6 Å². The zero-order valence-electron chi connectivity index (χ0n) is 13.5. The number of rotatable bonds is 5. The molecule has 0 aliphatic carbocycles. The van der Waals surface area contributed by atoms with Gasteiger partial charge in [0, 0.05) is 13.2 Å². The molecule has 1 aliphatic heterocycles. The van der Waals surface area contributed by atoms with Crippen LogP contribution in [0, 0.1) is 0 Å². The third-order valence-corrected chi connectivity index (χ3v) is 4.23. The van der Waals surface area contributed by atoms with Crippen LogP contribution in [-0.2, 0) is 9.47 Å². The van der Waals surface area contributed by atoms with E-state index in [2.05, 4.69) is 5.32 Å². The average Bonchev–Trinajstić information content (AvgIpc) is 2.61. The summed E-state index contributed by atoms with van der Waals surface area (Å²) in [7, 11) is 2.60. The number of phenols is 1. The van der Waals surface area contributed by atoms with Gasteiger partial charge in [-0.1, -0.05) is 11.6 Å². The largest absolute Gasteiger partial charge is 0.506 e. The van der Waals surface area contributed by atoms with E-state index in [-0.39, 0.29) is 22.1 Å². The summed E-state index contributed by atoms with van der Waals surface area (Å²) >= 11 is 5.82. The van der Waals surface area contributed by atoms with Crippen LogP contribution in [0.1, 0.15) is 10.4 Å². The number of amides is 1. The summed E-state index contributed by atoms with van der Waals surface area (Å²) in [5.41, 5.74) is 0.00567. The Kier molecular flexibility index (Phi) is 6.44. The fourth-order valence-corrected chi connectivity index (χ4v) is 2.72. The summed E-state index contributed by atoms with van der Waals surface area (Å²) in [6, 6.07) is 1.26. The number of aromatic hydroxyl groups is 1. The molecule has 25 heavy (non-hydrogen) atoms. The third kappa shape index (κ3) is 3.97. The molecule has 0 radical (unpaired) electrons. The van der Waals surface area contributed by atoms with Crippen molar-refractivity contribution in [1.82, 2.24) is 5.32 Å². The molecule has 1 saturated heterocycles. The van der Waals surface area contributed by atoms with Gasteiger partial charge in [0.15, 0.2) is 6.29 Å². The molecule has 5 atom stereocenters. The summed E-state index contributed by atoms with van der Waals surface area (Å²) < 4.78 is 15.4. The van der Waals surface area contributed by atoms with Crippen LogP contribution in [-0.4, -0.2) is 77.8 Å². The van der Waals surface area contributed by atoms with E-state index >= 15 is 0 Å². The van der Waals surface area contributed by atoms with E-state index in [0.717, 1.165) is 0 Å². The van der Waals surface area contributed by atoms with E-state index in [4.69, 9.17) is 30.9 Å². The van der Waals surface area contributed by atoms with E-state index in [0.29, 0.717) is 0 Å². The Morgan fingerprint density at radius 1 is 1.32 bits per heavy atom. The van der Waals surface area contributed by atoms with Gasteiger partial charge >= 0.3 is 0 Å². The number of aliphatic hydroxyl groups excluding tert-OH is 3. The van der Waals surface area contributed by atoms with Gasteiger partial charge < -0.3 is 40.0 Å². The van der Waals surface area contributed by atoms with Crippen LogP contribution in [0.3, 0.4) is 0 Å². The zero-order valence-corrected chi connectivity index (χ0v) is 14.3. The molecule has 0 unspecified atom stereocenters. The Labute approximate surface area is 148 Å². The Balaban J connectivity index is 2.25. The van der Waals surface area contributed by atoms with Gasteiger partial charge in [0.1, 0.15) is 35.9 Å². The molecule has 0 spiro atoms. The fraction of sp³-hybridized carbons (Fsp3) is 0.533. The monoisotopic (exact) mass is 377 g/mol. The van der Waals surface area contributed by atoms with Gasteiger partial charge in [-0.2, -0.15) is 0 Å². The number of aliphatic hydroxyl groups is 3. The number of phenolic OH excluding ortho intramolecular Hbond substituents is 1. The molecule has 1 aromatic carbocycles. The van der Waals surface area contributed by atoms with Crippen LogP contribution in [0.2, 0.25) is 5.02 Å². The Hall–Kier alpha value is -1.62. The van der Waals surface area contributed by atoms with E-state index in [1.165, 1.54) is 26.4 Å². The molecule has 0 bridgehead atoms. The van der Waals surface area contributed by atoms with Crippen molar-refractivity contribution in [1.29, 1.82) is 0 Å². The smallest absolute Gasteiger partial charge is 0.255 e. The molecule has 1 heterocycles. The molecule has 2 rings (SSSR count). The molecule has 1 fully saturated rings. The molecule has 0 saturated carbocycles. The van der Waals surface area contributed by atoms with Gasteiger partial charge in [-0.25, -0.2) is 0 Å². The Bertz CT molecular complexity index is 626. The first kappa shape index (κ1) is 19.7. The zero-order chi connectivity index (χ0) is 18.7. The maximum atomic E-state index is 12.5. The fourth-order valence-electron chi connectivity index (χ4n) is 2.56. The number of halogens is 1. The predicted octanol–water partition coefficient (Wildman–Crippen LogP) is -0.762. The molecular weight excluding hydrogens is 358 g/mol. The van der Waals surface area contributed by atoms with Crippen LogP contribution in [0.25, 0.3) is 0 Å². The van der Waals surface area contributed by atoms with Crippen molar-refractivity contribution in [2.24, 2.45) is 0 Å². The minimum atomic E-state index is -1.45. The van der Waals surface area contributed by atoms with Crippen molar-refractivity contribution in [3.63, 3.8) is 0 Å². The molecule has 1 aromatic rings. The number of methoxy groups -OCH3 is 2. The SMILES string of the molecule is COc1cc(O)c(Cl)cc1C(=O)N[C@H]1[C@@H](OC)O[C@H](CO)[C@@H](O)[C@@H]1O. The Morgan fingerprint density at radius 3 is 2.56 bits per heavy atom. The highest BCUT2D eigenvalue weighted by molar-refractivity contribution is 6.32. The van der Waals surface area contributed by atoms with Crippen molar-refractivity contribution < 1.29 is 39.4 Å². The van der Waals surface area contributed by atoms with Crippen molar-refractivity contribution in [3.05, 3.63) is 22.7 Å². The topological polar surface area (TPSA) is 138 Å². The number of hydrogen-bond donors (Lipinski definition) is 5. The predicted molar refractivity (Wildman–Crippen MR) is 85.7 cm³/mol. The molecule has 5 N–H and O–H groups in total. The minimum Gasteiger partial charge on any atom is -0.506 e. The van der Waals surface area contributed by atoms with Crippen LogP contribution in [0.15, 0.2) is 12.1 Å². The molecule has 9 nitrogen and oxygen atoms in total. The van der Waals surface area contributed by atoms with Gasteiger partial charge in [-0.05, 0) is 6.07 Å². The first-order valence-electron chi connectivity index (χ1n) is 7.36. The second-order valence-electron chi connectivity index (χ2n) is 5.45. The number of benzene rings is 1. The van der Waals surface area contributed by atoms with Gasteiger partial charge in [-0.3, -0.25) is 4.79 Å². The second-order valence-corrected chi connectivity index (χ2v) is 5.85. The third-order valence-electron chi connectivity index (χ3n) is 3.92. The van der Waals surface area contributed by atoms with E-state index in [1.54, 1.807) is 0 Å². The lowest BCUT2D eigenvalue weighted by Crippen LogP contribution is -2.64. The van der Waals surface area contributed by atoms with E-state index in [9.17, 15) is 20.1 Å². The minimum absolute atomic E-state index is 0.00567. The van der Waals surface area contributed by atoms with Crippen LogP contribution < -0.4 is 10.1 Å². The second kappa shape index (κ2) is 8.17. The van der Waals surface area contributed by atoms with Crippen molar-refractivity contribution in [2.75, 3.05) is 20.8 Å². The number of carbonyl (C=O) groups excluding carboxylic acids is 1. The lowest BCUT2D eigenvalue weighted by molar-refractivity contribution is -0.261. The lowest BCUT2D eigenvalue weighted by Gasteiger charge is -2.41. The molecule has 1 amide bonds. The first-order valence-corrected chi connectivity index (χ1v) is 7.74. The number of carbonyl (C=O) groups is 1. The molecular formula is C15H20ClNO8. The summed E-state index contributed by atoms with van der Waals surface area (Å²) in [5, 5.41) is 41.4. The summed E-state index contributed by atoms with van der Waals surface area (Å²) in [6.45, 7) is -0.528. The average molecular weight is 378 g/mol. The highest BCUT2D eigenvalue weighted by Crippen LogP contribution is 2.32. The highest BCUT2D eigenvalue weighted by atomic mass is 35.5. The van der Waals surface area contributed by atoms with Crippen molar-refractivity contribution in [2.45, 2.75) is 30.6 Å². The van der Waals surface area contributed by atoms with Crippen molar-refractivity contribution in [3.8, 4) is 11.5 Å².